The minimum atomic E-state index is -0.934. The molecule has 1 amide bonds. The first-order valence-corrected chi connectivity index (χ1v) is 11.4. The normalized spacial score (nSPS) is 12.0. The summed E-state index contributed by atoms with van der Waals surface area (Å²) in [5, 5.41) is 2.71. The summed E-state index contributed by atoms with van der Waals surface area (Å²) in [7, 11) is 0. The average molecular weight is 507 g/mol. The lowest BCUT2D eigenvalue weighted by molar-refractivity contribution is 0.0963. The molecule has 0 radical (unpaired) electrons. The van der Waals surface area contributed by atoms with Crippen molar-refractivity contribution in [1.82, 2.24) is 20.3 Å². The first-order chi connectivity index (χ1) is 17.5. The second-order valence-electron chi connectivity index (χ2n) is 8.25. The van der Waals surface area contributed by atoms with Crippen LogP contribution >= 0.6 is 0 Å². The Morgan fingerprint density at radius 1 is 1.14 bits per heavy atom. The van der Waals surface area contributed by atoms with Crippen molar-refractivity contribution in [3.8, 4) is 17.0 Å². The molecule has 0 aliphatic carbocycles. The number of aromatic nitrogens is 3. The van der Waals surface area contributed by atoms with Gasteiger partial charge in [0.25, 0.3) is 5.91 Å². The van der Waals surface area contributed by atoms with Gasteiger partial charge in [0.15, 0.2) is 17.3 Å². The molecule has 3 aromatic rings. The number of nitrogens with zero attached hydrogens (tertiary/aromatic N) is 3. The van der Waals surface area contributed by atoms with E-state index in [2.05, 4.69) is 26.8 Å². The molecule has 0 unspecified atom stereocenters. The van der Waals surface area contributed by atoms with Gasteiger partial charge in [-0.25, -0.2) is 23.7 Å². The zero-order chi connectivity index (χ0) is 27.3. The summed E-state index contributed by atoms with van der Waals surface area (Å²) < 4.78 is 35.2. The zero-order valence-electron chi connectivity index (χ0n) is 21.0. The molecule has 0 atom stereocenters. The summed E-state index contributed by atoms with van der Waals surface area (Å²) in [5.41, 5.74) is 12.4. The van der Waals surface area contributed by atoms with Gasteiger partial charge >= 0.3 is 0 Å². The van der Waals surface area contributed by atoms with Gasteiger partial charge in [-0.2, -0.15) is 0 Å². The minimum Gasteiger partial charge on any atom is -0.488 e. The van der Waals surface area contributed by atoms with Crippen molar-refractivity contribution < 1.29 is 18.3 Å². The van der Waals surface area contributed by atoms with Crippen molar-refractivity contribution >= 4 is 23.0 Å². The van der Waals surface area contributed by atoms with Gasteiger partial charge in [-0.1, -0.05) is 18.7 Å². The van der Waals surface area contributed by atoms with Crippen LogP contribution in [0.5, 0.6) is 5.75 Å². The van der Waals surface area contributed by atoms with E-state index in [1.165, 1.54) is 24.3 Å². The topological polar surface area (TPSA) is 129 Å². The molecule has 0 aliphatic rings. The summed E-state index contributed by atoms with van der Waals surface area (Å²) in [5.74, 6) is -1.95. The van der Waals surface area contributed by atoms with Gasteiger partial charge in [-0.3, -0.25) is 4.79 Å². The first-order valence-electron chi connectivity index (χ1n) is 11.4. The fraction of sp³-hybridized carbons (Fsp3) is 0.185. The van der Waals surface area contributed by atoms with Gasteiger partial charge in [-0.15, -0.1) is 0 Å². The standard InChI is InChI=1S/C27H28F2N6O2/c1-6-8-16(21-13-23(31)33-15(5)32-21)19(7-2)35-27(36)26-18(30)10-11-20(34-26)24-17(28)9-12-22(25(24)29)37-14(3)4/h6-14H,2,30H2,1,3-5H3,(H,35,36)(H2,31,32,33)/b8-6-,19-16-. The lowest BCUT2D eigenvalue weighted by atomic mass is 10.1. The van der Waals surface area contributed by atoms with Crippen molar-refractivity contribution in [1.29, 1.82) is 0 Å². The molecule has 5 N–H and O–H groups in total. The molecule has 2 aromatic heterocycles. The predicted octanol–water partition coefficient (Wildman–Crippen LogP) is 4.98. The maximum atomic E-state index is 15.1. The van der Waals surface area contributed by atoms with Crippen LogP contribution in [0.3, 0.4) is 0 Å². The fourth-order valence-electron chi connectivity index (χ4n) is 3.52. The fourth-order valence-corrected chi connectivity index (χ4v) is 3.52. The lowest BCUT2D eigenvalue weighted by Crippen LogP contribution is -2.25. The molecule has 0 fully saturated rings. The van der Waals surface area contributed by atoms with E-state index in [1.807, 2.05) is 0 Å². The Morgan fingerprint density at radius 2 is 1.86 bits per heavy atom. The molecule has 37 heavy (non-hydrogen) atoms. The number of carbonyl (C=O) groups is 1. The summed E-state index contributed by atoms with van der Waals surface area (Å²) >= 11 is 0. The Labute approximate surface area is 213 Å². The molecule has 2 heterocycles. The summed E-state index contributed by atoms with van der Waals surface area (Å²) in [4.78, 5) is 25.9. The highest BCUT2D eigenvalue weighted by molar-refractivity contribution is 6.00. The van der Waals surface area contributed by atoms with Gasteiger partial charge in [0.1, 0.15) is 17.5 Å². The number of aryl methyl sites for hydroxylation is 1. The quantitative estimate of drug-likeness (QED) is 0.368. The number of allylic oxidation sites excluding steroid dienone is 4. The molecule has 8 nitrogen and oxygen atoms in total. The Kier molecular flexibility index (Phi) is 8.33. The number of nitrogens with two attached hydrogens (primary N) is 2. The number of hydrogen-bond donors (Lipinski definition) is 3. The molecule has 10 heteroatoms. The van der Waals surface area contributed by atoms with E-state index in [0.717, 1.165) is 6.07 Å². The Morgan fingerprint density at radius 3 is 2.49 bits per heavy atom. The molecule has 192 valence electrons. The number of hydrogen-bond acceptors (Lipinski definition) is 7. The van der Waals surface area contributed by atoms with E-state index in [9.17, 15) is 9.18 Å². The smallest absolute Gasteiger partial charge is 0.276 e. The van der Waals surface area contributed by atoms with Crippen LogP contribution in [0.2, 0.25) is 0 Å². The molecule has 1 aromatic carbocycles. The van der Waals surface area contributed by atoms with E-state index in [-0.39, 0.29) is 40.4 Å². The number of nitrogen functional groups attached to an aromatic ring is 2. The van der Waals surface area contributed by atoms with Gasteiger partial charge in [0.2, 0.25) is 0 Å². The summed E-state index contributed by atoms with van der Waals surface area (Å²) in [6.45, 7) is 10.7. The number of ether oxygens (including phenoxy) is 1. The van der Waals surface area contributed by atoms with Crippen LogP contribution < -0.4 is 21.5 Å². The maximum absolute atomic E-state index is 15.1. The monoisotopic (exact) mass is 506 g/mol. The van der Waals surface area contributed by atoms with Crippen LogP contribution in [0.4, 0.5) is 20.3 Å². The average Bonchev–Trinajstić information content (AvgIpc) is 2.83. The van der Waals surface area contributed by atoms with Gasteiger partial charge in [0.05, 0.1) is 28.7 Å². The zero-order valence-corrected chi connectivity index (χ0v) is 21.0. The number of halogens is 2. The van der Waals surface area contributed by atoms with Crippen LogP contribution in [0.15, 0.2) is 60.8 Å². The van der Waals surface area contributed by atoms with Crippen LogP contribution in [0.1, 0.15) is 42.8 Å². The second kappa shape index (κ2) is 11.4. The number of amides is 1. The van der Waals surface area contributed by atoms with Crippen LogP contribution in [0, 0.1) is 18.6 Å². The van der Waals surface area contributed by atoms with E-state index in [4.69, 9.17) is 16.2 Å². The number of anilines is 2. The van der Waals surface area contributed by atoms with Gasteiger partial charge in [-0.05, 0) is 58.0 Å². The van der Waals surface area contributed by atoms with Crippen LogP contribution in [-0.4, -0.2) is 27.0 Å². The number of nitrogens with one attached hydrogen (secondary N) is 1. The SMILES string of the molecule is C=C/C(NC(=O)c1nc(-c2c(F)ccc(OC(C)C)c2F)ccc1N)=C(\C=C/C)c1cc(N)nc(C)n1. The number of carbonyl (C=O) groups excluding carboxylic acids is 1. The molecule has 3 rings (SSSR count). The largest absolute Gasteiger partial charge is 0.488 e. The highest BCUT2D eigenvalue weighted by atomic mass is 19.1. The van der Waals surface area contributed by atoms with Gasteiger partial charge < -0.3 is 21.5 Å². The molecule has 0 saturated carbocycles. The van der Waals surface area contributed by atoms with E-state index < -0.39 is 23.1 Å². The molecular formula is C27H28F2N6O2. The first kappa shape index (κ1) is 27.0. The molecule has 0 bridgehead atoms. The van der Waals surface area contributed by atoms with Crippen LogP contribution in [0.25, 0.3) is 16.8 Å². The van der Waals surface area contributed by atoms with Gasteiger partial charge in [0, 0.05) is 17.3 Å². The highest BCUT2D eigenvalue weighted by Crippen LogP contribution is 2.32. The maximum Gasteiger partial charge on any atom is 0.276 e. The molecule has 0 aliphatic heterocycles. The number of pyridine rings is 1. The summed E-state index contributed by atoms with van der Waals surface area (Å²) in [6, 6.07) is 6.51. The predicted molar refractivity (Wildman–Crippen MR) is 140 cm³/mol. The molecule has 0 saturated heterocycles. The molecule has 0 spiro atoms. The lowest BCUT2D eigenvalue weighted by Gasteiger charge is -2.15. The third-order valence-electron chi connectivity index (χ3n) is 5.03. The third-order valence-corrected chi connectivity index (χ3v) is 5.03. The van der Waals surface area contributed by atoms with E-state index in [1.54, 1.807) is 45.9 Å². The third kappa shape index (κ3) is 6.16. The van der Waals surface area contributed by atoms with Crippen molar-refractivity contribution in [3.05, 3.63) is 89.7 Å². The summed E-state index contributed by atoms with van der Waals surface area (Å²) in [6.07, 6.45) is 4.56. The van der Waals surface area contributed by atoms with Crippen molar-refractivity contribution in [2.45, 2.75) is 33.8 Å². The second-order valence-corrected chi connectivity index (χ2v) is 8.25. The van der Waals surface area contributed by atoms with E-state index in [0.29, 0.717) is 17.1 Å². The Balaban J connectivity index is 2.07. The Hall–Kier alpha value is -4.60. The van der Waals surface area contributed by atoms with Crippen molar-refractivity contribution in [2.24, 2.45) is 0 Å². The Bertz CT molecular complexity index is 1400. The molecular weight excluding hydrogens is 478 g/mol. The van der Waals surface area contributed by atoms with Crippen LogP contribution in [-0.2, 0) is 0 Å². The van der Waals surface area contributed by atoms with E-state index >= 15 is 4.39 Å². The number of rotatable bonds is 8. The minimum absolute atomic E-state index is 0.00905. The number of benzene rings is 1. The van der Waals surface area contributed by atoms with Crippen molar-refractivity contribution in [3.63, 3.8) is 0 Å². The van der Waals surface area contributed by atoms with Crippen molar-refractivity contribution in [2.75, 3.05) is 11.5 Å². The highest BCUT2D eigenvalue weighted by Gasteiger charge is 2.22.